The third-order valence-electron chi connectivity index (χ3n) is 4.60. The molecule has 3 heterocycles. The summed E-state index contributed by atoms with van der Waals surface area (Å²) >= 11 is 0. The summed E-state index contributed by atoms with van der Waals surface area (Å²) < 4.78 is 0. The first kappa shape index (κ1) is 12.0. The fourth-order valence-electron chi connectivity index (χ4n) is 3.43. The summed E-state index contributed by atoms with van der Waals surface area (Å²) in [6.45, 7) is 0.324. The summed E-state index contributed by atoms with van der Waals surface area (Å²) in [6.07, 6.45) is 8.19. The van der Waals surface area contributed by atoms with Gasteiger partial charge in [0.25, 0.3) is 0 Å². The van der Waals surface area contributed by atoms with Crippen molar-refractivity contribution in [3.05, 3.63) is 23.5 Å². The predicted molar refractivity (Wildman–Crippen MR) is 76.5 cm³/mol. The molecule has 0 atom stereocenters. The number of aromatic nitrogens is 1. The van der Waals surface area contributed by atoms with Gasteiger partial charge in [-0.3, -0.25) is 0 Å². The highest BCUT2D eigenvalue weighted by molar-refractivity contribution is 5.87. The first-order valence-electron chi connectivity index (χ1n) is 7.24. The molecule has 0 bridgehead atoms. The number of hydrogen-bond acceptors (Lipinski definition) is 5. The van der Waals surface area contributed by atoms with Crippen molar-refractivity contribution in [1.82, 2.24) is 21.0 Å². The molecule has 1 fully saturated rings. The van der Waals surface area contributed by atoms with Gasteiger partial charge in [-0.2, -0.15) is 0 Å². The molecule has 1 aromatic rings. The summed E-state index contributed by atoms with van der Waals surface area (Å²) in [5, 5.41) is 11.2. The predicted octanol–water partition coefficient (Wildman–Crippen LogP) is 1.48. The zero-order valence-electron chi connectivity index (χ0n) is 11.3. The van der Waals surface area contributed by atoms with Crippen molar-refractivity contribution in [2.45, 2.75) is 25.7 Å². The van der Waals surface area contributed by atoms with Crippen LogP contribution in [0, 0.1) is 11.8 Å². The van der Waals surface area contributed by atoms with Crippen LogP contribution in [0.4, 0.5) is 5.82 Å². The molecular formula is C14H19N5O. The molecule has 4 rings (SSSR count). The van der Waals surface area contributed by atoms with Crippen LogP contribution in [0.3, 0.4) is 0 Å². The van der Waals surface area contributed by atoms with Crippen molar-refractivity contribution in [3.8, 4) is 0 Å². The maximum atomic E-state index is 9.26. The molecule has 2 aliphatic heterocycles. The van der Waals surface area contributed by atoms with Crippen LogP contribution in [0.5, 0.6) is 0 Å². The standard InChI is InChI=1S/C14H19N5O/c20-7-9-1-3-10(4-2-9)12-13-11-5-6-15-14(11)16-8-19(13)18-17-12/h5-6,8-10,15,17-18,20H,1-4,7H2/t9-,10-. The van der Waals surface area contributed by atoms with Gasteiger partial charge in [0.05, 0.1) is 11.4 Å². The molecule has 3 aliphatic rings. The highest BCUT2D eigenvalue weighted by Gasteiger charge is 2.33. The number of aromatic amines is 1. The van der Waals surface area contributed by atoms with Crippen molar-refractivity contribution in [2.75, 3.05) is 6.61 Å². The van der Waals surface area contributed by atoms with Crippen molar-refractivity contribution in [3.63, 3.8) is 0 Å². The Hall–Kier alpha value is -1.79. The number of H-pyrrole nitrogens is 1. The molecule has 4 N–H and O–H groups in total. The second-order valence-electron chi connectivity index (χ2n) is 5.75. The molecule has 20 heavy (non-hydrogen) atoms. The van der Waals surface area contributed by atoms with E-state index in [0.717, 1.165) is 37.1 Å². The van der Waals surface area contributed by atoms with Crippen LogP contribution in [-0.4, -0.2) is 28.0 Å². The third kappa shape index (κ3) is 1.76. The Morgan fingerprint density at radius 3 is 2.95 bits per heavy atom. The van der Waals surface area contributed by atoms with Gasteiger partial charge in [0, 0.05) is 24.3 Å². The number of nitrogens with zero attached hydrogens (tertiary/aromatic N) is 2. The molecule has 0 spiro atoms. The van der Waals surface area contributed by atoms with Gasteiger partial charge >= 0.3 is 0 Å². The molecule has 0 unspecified atom stereocenters. The highest BCUT2D eigenvalue weighted by Crippen LogP contribution is 2.40. The van der Waals surface area contributed by atoms with Gasteiger partial charge in [-0.25, -0.2) is 10.0 Å². The maximum absolute atomic E-state index is 9.26. The number of aliphatic imine (C=N–C) groups is 1. The topological polar surface area (TPSA) is 75.7 Å². The number of aliphatic hydroxyl groups is 1. The summed E-state index contributed by atoms with van der Waals surface area (Å²) in [5.41, 5.74) is 10.1. The molecule has 1 aromatic heterocycles. The largest absolute Gasteiger partial charge is 0.396 e. The highest BCUT2D eigenvalue weighted by atomic mass is 16.3. The van der Waals surface area contributed by atoms with Crippen LogP contribution in [0.1, 0.15) is 31.2 Å². The lowest BCUT2D eigenvalue weighted by Gasteiger charge is -2.28. The smallest absolute Gasteiger partial charge is 0.141 e. The minimum atomic E-state index is 0.324. The van der Waals surface area contributed by atoms with E-state index in [0.29, 0.717) is 18.4 Å². The Morgan fingerprint density at radius 1 is 1.30 bits per heavy atom. The number of hydrazine groups is 2. The van der Waals surface area contributed by atoms with Gasteiger partial charge in [-0.05, 0) is 37.7 Å². The fourth-order valence-corrected chi connectivity index (χ4v) is 3.43. The van der Waals surface area contributed by atoms with Crippen LogP contribution in [0.15, 0.2) is 23.0 Å². The number of hydrogen-bond donors (Lipinski definition) is 4. The monoisotopic (exact) mass is 273 g/mol. The SMILES string of the molecule is OC[C@H]1CC[C@H](C2=C3c4cc[nH]c4N=CN3NN2)CC1. The van der Waals surface area contributed by atoms with E-state index in [2.05, 4.69) is 27.0 Å². The molecule has 1 aliphatic carbocycles. The van der Waals surface area contributed by atoms with E-state index in [1.54, 1.807) is 6.34 Å². The Morgan fingerprint density at radius 2 is 2.15 bits per heavy atom. The van der Waals surface area contributed by atoms with Crippen LogP contribution in [0.2, 0.25) is 0 Å². The van der Waals surface area contributed by atoms with Crippen LogP contribution in [-0.2, 0) is 0 Å². The van der Waals surface area contributed by atoms with Gasteiger partial charge in [0.2, 0.25) is 0 Å². The molecule has 6 heteroatoms. The molecule has 0 amide bonds. The van der Waals surface area contributed by atoms with Crippen LogP contribution in [0.25, 0.3) is 5.70 Å². The number of nitrogens with one attached hydrogen (secondary N) is 3. The van der Waals surface area contributed by atoms with E-state index < -0.39 is 0 Å². The minimum Gasteiger partial charge on any atom is -0.396 e. The quantitative estimate of drug-likeness (QED) is 0.658. The lowest BCUT2D eigenvalue weighted by atomic mass is 9.80. The Bertz CT molecular complexity index is 568. The molecular weight excluding hydrogens is 254 g/mol. The Balaban J connectivity index is 1.65. The van der Waals surface area contributed by atoms with Gasteiger partial charge in [-0.15, -0.1) is 5.53 Å². The van der Waals surface area contributed by atoms with Gasteiger partial charge in [-0.1, -0.05) is 0 Å². The molecule has 0 radical (unpaired) electrons. The number of allylic oxidation sites excluding steroid dienone is 1. The fraction of sp³-hybridized carbons (Fsp3) is 0.500. The molecule has 1 saturated carbocycles. The summed E-state index contributed by atoms with van der Waals surface area (Å²) in [7, 11) is 0. The van der Waals surface area contributed by atoms with E-state index >= 15 is 0 Å². The average molecular weight is 273 g/mol. The number of rotatable bonds is 2. The van der Waals surface area contributed by atoms with E-state index in [1.165, 1.54) is 11.4 Å². The van der Waals surface area contributed by atoms with Gasteiger partial charge < -0.3 is 15.5 Å². The van der Waals surface area contributed by atoms with Gasteiger partial charge in [0.1, 0.15) is 12.2 Å². The first-order valence-corrected chi connectivity index (χ1v) is 7.24. The molecule has 106 valence electrons. The zero-order valence-corrected chi connectivity index (χ0v) is 11.3. The second-order valence-corrected chi connectivity index (χ2v) is 5.75. The number of fused-ring (bicyclic) bond motifs is 3. The molecule has 6 nitrogen and oxygen atoms in total. The average Bonchev–Trinajstić information content (AvgIpc) is 3.13. The summed E-state index contributed by atoms with van der Waals surface area (Å²) in [6, 6.07) is 2.07. The van der Waals surface area contributed by atoms with Crippen LogP contribution < -0.4 is 11.0 Å². The van der Waals surface area contributed by atoms with Crippen molar-refractivity contribution >= 4 is 17.9 Å². The lowest BCUT2D eigenvalue weighted by Crippen LogP contribution is -2.38. The minimum absolute atomic E-state index is 0.324. The third-order valence-corrected chi connectivity index (χ3v) is 4.60. The summed E-state index contributed by atoms with van der Waals surface area (Å²) in [4.78, 5) is 7.54. The normalized spacial score (nSPS) is 28.4. The van der Waals surface area contributed by atoms with E-state index in [4.69, 9.17) is 0 Å². The number of aliphatic hydroxyl groups excluding tert-OH is 1. The molecule has 0 aromatic carbocycles. The Kier molecular flexibility index (Phi) is 2.78. The molecule has 0 saturated heterocycles. The summed E-state index contributed by atoms with van der Waals surface area (Å²) in [5.74, 6) is 1.93. The Labute approximate surface area is 117 Å². The van der Waals surface area contributed by atoms with Crippen molar-refractivity contribution in [2.24, 2.45) is 16.8 Å². The first-order chi connectivity index (χ1) is 9.86. The van der Waals surface area contributed by atoms with Crippen LogP contribution >= 0.6 is 0 Å². The lowest BCUT2D eigenvalue weighted by molar-refractivity contribution is 0.173. The van der Waals surface area contributed by atoms with E-state index in [1.807, 2.05) is 11.2 Å². The van der Waals surface area contributed by atoms with Crippen molar-refractivity contribution in [1.29, 1.82) is 0 Å². The maximum Gasteiger partial charge on any atom is 0.141 e. The zero-order chi connectivity index (χ0) is 13.5. The van der Waals surface area contributed by atoms with E-state index in [9.17, 15) is 5.11 Å². The van der Waals surface area contributed by atoms with Gasteiger partial charge in [0.15, 0.2) is 0 Å². The van der Waals surface area contributed by atoms with Crippen molar-refractivity contribution < 1.29 is 5.11 Å². The second kappa shape index (κ2) is 4.64. The van der Waals surface area contributed by atoms with E-state index in [-0.39, 0.29) is 0 Å².